The van der Waals surface area contributed by atoms with Crippen molar-refractivity contribution in [2.75, 3.05) is 13.1 Å². The number of ether oxygens (including phenoxy) is 1. The summed E-state index contributed by atoms with van der Waals surface area (Å²) in [7, 11) is 0. The number of carbonyl (C=O) groups is 1. The van der Waals surface area contributed by atoms with Crippen molar-refractivity contribution in [1.29, 1.82) is 0 Å². The van der Waals surface area contributed by atoms with E-state index < -0.39 is 5.69 Å². The van der Waals surface area contributed by atoms with Crippen molar-refractivity contribution in [3.63, 3.8) is 0 Å². The molecule has 2 aromatic rings. The Bertz CT molecular complexity index is 833. The van der Waals surface area contributed by atoms with E-state index in [0.717, 1.165) is 18.5 Å². The van der Waals surface area contributed by atoms with Crippen molar-refractivity contribution in [2.24, 2.45) is 5.92 Å². The van der Waals surface area contributed by atoms with E-state index in [1.54, 1.807) is 12.1 Å². The van der Waals surface area contributed by atoms with Crippen LogP contribution >= 0.6 is 0 Å². The van der Waals surface area contributed by atoms with Gasteiger partial charge in [-0.15, -0.1) is 0 Å². The molecule has 1 aliphatic heterocycles. The van der Waals surface area contributed by atoms with Crippen LogP contribution in [-0.2, 0) is 4.79 Å². The molecule has 2 N–H and O–H groups in total. The summed E-state index contributed by atoms with van der Waals surface area (Å²) < 4.78 is 5.50. The van der Waals surface area contributed by atoms with E-state index in [-0.39, 0.29) is 23.3 Å². The summed E-state index contributed by atoms with van der Waals surface area (Å²) in [5, 5.41) is 6.16. The molecular weight excluding hydrogens is 322 g/mol. The molecule has 134 valence electrons. The molecule has 0 radical (unpaired) electrons. The van der Waals surface area contributed by atoms with Crippen molar-refractivity contribution in [1.82, 2.24) is 25.1 Å². The molecule has 8 heteroatoms. The van der Waals surface area contributed by atoms with Crippen LogP contribution in [-0.4, -0.2) is 49.7 Å². The van der Waals surface area contributed by atoms with Gasteiger partial charge in [-0.3, -0.25) is 14.7 Å². The SMILES string of the molecule is Cc1cc(OC(=O)C2CCN(C(C)(C)C)C2)nc(-c2n[nH]c(=O)[nH]2)c1. The van der Waals surface area contributed by atoms with Crippen LogP contribution in [0.3, 0.4) is 0 Å². The lowest BCUT2D eigenvalue weighted by Crippen LogP contribution is -2.40. The molecule has 3 rings (SSSR count). The number of carbonyl (C=O) groups excluding carboxylic acids is 1. The Kier molecular flexibility index (Phi) is 4.47. The second-order valence-electron chi connectivity index (χ2n) is 7.42. The van der Waals surface area contributed by atoms with Crippen LogP contribution in [0.5, 0.6) is 5.88 Å². The van der Waals surface area contributed by atoms with Gasteiger partial charge in [0, 0.05) is 18.2 Å². The number of pyridine rings is 1. The Morgan fingerprint density at radius 3 is 2.72 bits per heavy atom. The number of esters is 1. The van der Waals surface area contributed by atoms with Gasteiger partial charge < -0.3 is 4.74 Å². The first-order valence-corrected chi connectivity index (χ1v) is 8.33. The molecule has 0 aromatic carbocycles. The second-order valence-corrected chi connectivity index (χ2v) is 7.42. The van der Waals surface area contributed by atoms with E-state index >= 15 is 0 Å². The van der Waals surface area contributed by atoms with E-state index in [0.29, 0.717) is 18.1 Å². The van der Waals surface area contributed by atoms with Crippen molar-refractivity contribution in [3.05, 3.63) is 28.2 Å². The van der Waals surface area contributed by atoms with Crippen LogP contribution < -0.4 is 10.4 Å². The Morgan fingerprint density at radius 1 is 1.36 bits per heavy atom. The zero-order chi connectivity index (χ0) is 18.2. The number of nitrogens with zero attached hydrogens (tertiary/aromatic N) is 3. The highest BCUT2D eigenvalue weighted by molar-refractivity contribution is 5.75. The Balaban J connectivity index is 1.74. The summed E-state index contributed by atoms with van der Waals surface area (Å²) in [5.41, 5.74) is 0.934. The first-order valence-electron chi connectivity index (χ1n) is 8.33. The average molecular weight is 345 g/mol. The molecule has 2 aromatic heterocycles. The van der Waals surface area contributed by atoms with E-state index in [1.807, 2.05) is 6.92 Å². The minimum absolute atomic E-state index is 0.0373. The highest BCUT2D eigenvalue weighted by atomic mass is 16.5. The van der Waals surface area contributed by atoms with Crippen LogP contribution in [0.1, 0.15) is 32.8 Å². The first-order chi connectivity index (χ1) is 11.7. The Labute approximate surface area is 145 Å². The minimum atomic E-state index is -0.412. The smallest absolute Gasteiger partial charge is 0.340 e. The van der Waals surface area contributed by atoms with Gasteiger partial charge in [-0.25, -0.2) is 14.9 Å². The molecule has 0 amide bonds. The molecule has 1 saturated heterocycles. The van der Waals surface area contributed by atoms with Crippen LogP contribution in [0.15, 0.2) is 16.9 Å². The highest BCUT2D eigenvalue weighted by Crippen LogP contribution is 2.26. The van der Waals surface area contributed by atoms with Crippen molar-refractivity contribution in [3.8, 4) is 17.4 Å². The number of aromatic amines is 2. The van der Waals surface area contributed by atoms with Gasteiger partial charge in [-0.05, 0) is 52.3 Å². The predicted octanol–water partition coefficient (Wildman–Crippen LogP) is 1.49. The third kappa shape index (κ3) is 3.96. The number of aromatic nitrogens is 4. The van der Waals surface area contributed by atoms with Gasteiger partial charge in [0.25, 0.3) is 0 Å². The fourth-order valence-corrected chi connectivity index (χ4v) is 2.95. The summed E-state index contributed by atoms with van der Waals surface area (Å²) in [6.45, 7) is 9.85. The first kappa shape index (κ1) is 17.3. The summed E-state index contributed by atoms with van der Waals surface area (Å²) in [5.74, 6) is 0.102. The highest BCUT2D eigenvalue weighted by Gasteiger charge is 2.35. The van der Waals surface area contributed by atoms with E-state index in [1.165, 1.54) is 0 Å². The number of rotatable bonds is 3. The van der Waals surface area contributed by atoms with E-state index in [2.05, 4.69) is 45.8 Å². The summed E-state index contributed by atoms with van der Waals surface area (Å²) in [6, 6.07) is 3.46. The number of hydrogen-bond donors (Lipinski definition) is 2. The van der Waals surface area contributed by atoms with Gasteiger partial charge in [0.2, 0.25) is 5.88 Å². The van der Waals surface area contributed by atoms with Crippen LogP contribution in [0.2, 0.25) is 0 Å². The standard InChI is InChI=1S/C17H23N5O3/c1-10-7-12(14-19-16(24)21-20-14)18-13(8-10)25-15(23)11-5-6-22(9-11)17(2,3)4/h7-8,11H,5-6,9H2,1-4H3,(H2,19,20,21,24). The molecule has 0 spiro atoms. The quantitative estimate of drug-likeness (QED) is 0.817. The van der Waals surface area contributed by atoms with Gasteiger partial charge >= 0.3 is 11.7 Å². The maximum atomic E-state index is 12.5. The Morgan fingerprint density at radius 2 is 2.12 bits per heavy atom. The molecule has 3 heterocycles. The molecule has 1 fully saturated rings. The number of hydrogen-bond acceptors (Lipinski definition) is 6. The lowest BCUT2D eigenvalue weighted by Gasteiger charge is -2.31. The van der Waals surface area contributed by atoms with Crippen LogP contribution in [0.25, 0.3) is 11.5 Å². The maximum absolute atomic E-state index is 12.5. The maximum Gasteiger partial charge on any atom is 0.340 e. The lowest BCUT2D eigenvalue weighted by atomic mass is 10.1. The Hall–Kier alpha value is -2.48. The zero-order valence-corrected chi connectivity index (χ0v) is 14.9. The number of nitrogens with one attached hydrogen (secondary N) is 2. The molecule has 25 heavy (non-hydrogen) atoms. The minimum Gasteiger partial charge on any atom is -0.407 e. The fourth-order valence-electron chi connectivity index (χ4n) is 2.95. The normalized spacial score (nSPS) is 18.5. The molecule has 8 nitrogen and oxygen atoms in total. The molecule has 1 unspecified atom stereocenters. The fraction of sp³-hybridized carbons (Fsp3) is 0.529. The molecule has 0 aliphatic carbocycles. The number of aryl methyl sites for hydroxylation is 1. The third-order valence-corrected chi connectivity index (χ3v) is 4.37. The second kappa shape index (κ2) is 6.44. The summed E-state index contributed by atoms with van der Waals surface area (Å²) in [6.07, 6.45) is 0.779. The van der Waals surface area contributed by atoms with E-state index in [4.69, 9.17) is 4.74 Å². The van der Waals surface area contributed by atoms with Gasteiger partial charge in [0.05, 0.1) is 5.92 Å². The number of likely N-dealkylation sites (tertiary alicyclic amines) is 1. The van der Waals surface area contributed by atoms with Gasteiger partial charge in [0.1, 0.15) is 5.69 Å². The van der Waals surface area contributed by atoms with Crippen molar-refractivity contribution < 1.29 is 9.53 Å². The third-order valence-electron chi connectivity index (χ3n) is 4.37. The molecule has 0 bridgehead atoms. The van der Waals surface area contributed by atoms with Gasteiger partial charge in [0.15, 0.2) is 5.82 Å². The summed E-state index contributed by atoms with van der Waals surface area (Å²) in [4.78, 5) is 32.8. The predicted molar refractivity (Wildman–Crippen MR) is 92.2 cm³/mol. The zero-order valence-electron chi connectivity index (χ0n) is 14.9. The lowest BCUT2D eigenvalue weighted by molar-refractivity contribution is -0.138. The van der Waals surface area contributed by atoms with Crippen LogP contribution in [0.4, 0.5) is 0 Å². The van der Waals surface area contributed by atoms with Crippen molar-refractivity contribution in [2.45, 2.75) is 39.7 Å². The topological polar surface area (TPSA) is 104 Å². The molecule has 1 atom stereocenters. The van der Waals surface area contributed by atoms with Gasteiger partial charge in [-0.2, -0.15) is 5.10 Å². The van der Waals surface area contributed by atoms with E-state index in [9.17, 15) is 9.59 Å². The van der Waals surface area contributed by atoms with Gasteiger partial charge in [-0.1, -0.05) is 0 Å². The molecular formula is C17H23N5O3. The van der Waals surface area contributed by atoms with Crippen LogP contribution in [0, 0.1) is 12.8 Å². The number of H-pyrrole nitrogens is 2. The molecule has 1 aliphatic rings. The molecule has 0 saturated carbocycles. The summed E-state index contributed by atoms with van der Waals surface area (Å²) >= 11 is 0. The monoisotopic (exact) mass is 345 g/mol. The van der Waals surface area contributed by atoms with Crippen molar-refractivity contribution >= 4 is 5.97 Å². The average Bonchev–Trinajstić information content (AvgIpc) is 3.14. The largest absolute Gasteiger partial charge is 0.407 e.